The molecule has 0 saturated heterocycles. The number of rotatable bonds is 11. The van der Waals surface area contributed by atoms with Gasteiger partial charge in [-0.1, -0.05) is 13.8 Å². The fraction of sp³-hybridized carbons (Fsp3) is 0.800. The van der Waals surface area contributed by atoms with Crippen molar-refractivity contribution < 1.29 is 9.84 Å². The van der Waals surface area contributed by atoms with E-state index in [2.05, 4.69) is 24.3 Å². The molecule has 0 amide bonds. The van der Waals surface area contributed by atoms with Crippen molar-refractivity contribution in [1.29, 1.82) is 0 Å². The Balaban J connectivity index is 1.93. The van der Waals surface area contributed by atoms with Gasteiger partial charge in [0.25, 0.3) is 0 Å². The summed E-state index contributed by atoms with van der Waals surface area (Å²) in [6.45, 7) is 6.99. The van der Waals surface area contributed by atoms with Gasteiger partial charge in [0.1, 0.15) is 0 Å². The Morgan fingerprint density at radius 1 is 1.45 bits per heavy atom. The smallest absolute Gasteiger partial charge is 0.0897 e. The zero-order chi connectivity index (χ0) is 14.8. The van der Waals surface area contributed by atoms with E-state index in [4.69, 9.17) is 4.74 Å². The second-order valence-electron chi connectivity index (χ2n) is 5.74. The van der Waals surface area contributed by atoms with Crippen LogP contribution in [0.3, 0.4) is 0 Å². The summed E-state index contributed by atoms with van der Waals surface area (Å²) >= 11 is 0. The van der Waals surface area contributed by atoms with Crippen molar-refractivity contribution in [2.75, 3.05) is 26.3 Å². The third kappa shape index (κ3) is 8.30. The molecule has 1 atom stereocenters. The molecule has 0 aromatic carbocycles. The molecule has 0 aliphatic rings. The van der Waals surface area contributed by atoms with E-state index in [-0.39, 0.29) is 0 Å². The van der Waals surface area contributed by atoms with Gasteiger partial charge in [0, 0.05) is 26.4 Å². The van der Waals surface area contributed by atoms with Crippen LogP contribution in [0, 0.1) is 5.92 Å². The van der Waals surface area contributed by atoms with Gasteiger partial charge in [-0.15, -0.1) is 0 Å². The van der Waals surface area contributed by atoms with Crippen molar-refractivity contribution in [1.82, 2.24) is 15.1 Å². The molecule has 2 N–H and O–H groups in total. The zero-order valence-electron chi connectivity index (χ0n) is 13.0. The quantitative estimate of drug-likeness (QED) is 0.602. The van der Waals surface area contributed by atoms with E-state index in [0.717, 1.165) is 31.9 Å². The number of hydrogen-bond acceptors (Lipinski definition) is 4. The van der Waals surface area contributed by atoms with Crippen LogP contribution in [0.1, 0.15) is 32.3 Å². The van der Waals surface area contributed by atoms with Gasteiger partial charge >= 0.3 is 0 Å². The molecule has 5 nitrogen and oxygen atoms in total. The maximum atomic E-state index is 9.76. The van der Waals surface area contributed by atoms with Crippen LogP contribution < -0.4 is 5.32 Å². The monoisotopic (exact) mass is 283 g/mol. The Bertz CT molecular complexity index is 353. The summed E-state index contributed by atoms with van der Waals surface area (Å²) in [7, 11) is 1.91. The van der Waals surface area contributed by atoms with Gasteiger partial charge in [0.05, 0.1) is 18.9 Å². The molecule has 5 heteroatoms. The molecule has 0 fully saturated rings. The number of nitrogens with zero attached hydrogens (tertiary/aromatic N) is 2. The number of aryl methyl sites for hydroxylation is 1. The predicted molar refractivity (Wildman–Crippen MR) is 80.7 cm³/mol. The predicted octanol–water partition coefficient (Wildman–Crippen LogP) is 1.37. The number of aromatic nitrogens is 2. The second-order valence-corrected chi connectivity index (χ2v) is 5.74. The molecule has 1 aromatic heterocycles. The van der Waals surface area contributed by atoms with E-state index in [0.29, 0.717) is 13.2 Å². The maximum absolute atomic E-state index is 9.76. The van der Waals surface area contributed by atoms with E-state index >= 15 is 0 Å². The third-order valence-electron chi connectivity index (χ3n) is 3.11. The van der Waals surface area contributed by atoms with Crippen molar-refractivity contribution in [3.63, 3.8) is 0 Å². The minimum atomic E-state index is -0.428. The number of ether oxygens (including phenoxy) is 1. The lowest BCUT2D eigenvalue weighted by Gasteiger charge is -2.12. The first-order valence-electron chi connectivity index (χ1n) is 7.52. The van der Waals surface area contributed by atoms with Crippen molar-refractivity contribution in [2.45, 2.75) is 39.2 Å². The van der Waals surface area contributed by atoms with Crippen molar-refractivity contribution in [3.05, 3.63) is 18.0 Å². The van der Waals surface area contributed by atoms with Crippen molar-refractivity contribution in [2.24, 2.45) is 13.0 Å². The summed E-state index contributed by atoms with van der Waals surface area (Å²) in [6, 6.07) is 0. The first-order chi connectivity index (χ1) is 9.58. The number of hydrogen-bond donors (Lipinski definition) is 2. The minimum absolute atomic E-state index is 0.415. The topological polar surface area (TPSA) is 59.3 Å². The molecule has 1 aromatic rings. The lowest BCUT2D eigenvalue weighted by atomic mass is 10.1. The fourth-order valence-electron chi connectivity index (χ4n) is 1.97. The molecular formula is C15H29N3O2. The van der Waals surface area contributed by atoms with E-state index in [1.54, 1.807) is 4.68 Å². The number of nitrogens with one attached hydrogen (secondary N) is 1. The van der Waals surface area contributed by atoms with Gasteiger partial charge in [-0.25, -0.2) is 0 Å². The van der Waals surface area contributed by atoms with Gasteiger partial charge in [0.15, 0.2) is 0 Å². The van der Waals surface area contributed by atoms with Gasteiger partial charge < -0.3 is 15.2 Å². The van der Waals surface area contributed by atoms with E-state index < -0.39 is 6.10 Å². The normalized spacial score (nSPS) is 13.1. The van der Waals surface area contributed by atoms with E-state index in [1.807, 2.05) is 19.4 Å². The second kappa shape index (κ2) is 9.91. The summed E-state index contributed by atoms with van der Waals surface area (Å²) in [5.41, 5.74) is 1.21. The maximum Gasteiger partial charge on any atom is 0.0897 e. The molecule has 0 saturated carbocycles. The largest absolute Gasteiger partial charge is 0.389 e. The zero-order valence-corrected chi connectivity index (χ0v) is 13.0. The highest BCUT2D eigenvalue weighted by atomic mass is 16.5. The Kier molecular flexibility index (Phi) is 8.49. The molecular weight excluding hydrogens is 254 g/mol. The summed E-state index contributed by atoms with van der Waals surface area (Å²) in [4.78, 5) is 0. The van der Waals surface area contributed by atoms with Crippen LogP contribution in [0.15, 0.2) is 12.4 Å². The van der Waals surface area contributed by atoms with Gasteiger partial charge in [-0.3, -0.25) is 4.68 Å². The fourth-order valence-corrected chi connectivity index (χ4v) is 1.97. The molecule has 116 valence electrons. The van der Waals surface area contributed by atoms with Crippen LogP contribution in [0.5, 0.6) is 0 Å². The molecule has 0 radical (unpaired) electrons. The molecule has 0 aliphatic heterocycles. The van der Waals surface area contributed by atoms with Crippen molar-refractivity contribution in [3.8, 4) is 0 Å². The minimum Gasteiger partial charge on any atom is -0.389 e. The highest BCUT2D eigenvalue weighted by Gasteiger charge is 2.04. The SMILES string of the molecule is CC(C)CCCOCC(O)CNCCc1cnn(C)c1. The van der Waals surface area contributed by atoms with E-state index in [9.17, 15) is 5.11 Å². The summed E-state index contributed by atoms with van der Waals surface area (Å²) in [5.74, 6) is 0.720. The standard InChI is InChI=1S/C15H29N3O2/c1-13(2)5-4-8-20-12-15(19)10-16-7-6-14-9-17-18(3)11-14/h9,11,13,15-16,19H,4-8,10,12H2,1-3H3. The molecule has 1 rings (SSSR count). The Morgan fingerprint density at radius 3 is 2.90 bits per heavy atom. The third-order valence-corrected chi connectivity index (χ3v) is 3.11. The average molecular weight is 283 g/mol. The van der Waals surface area contributed by atoms with Crippen LogP contribution >= 0.6 is 0 Å². The number of aliphatic hydroxyl groups excluding tert-OH is 1. The molecule has 1 unspecified atom stereocenters. The summed E-state index contributed by atoms with van der Waals surface area (Å²) in [5, 5.41) is 17.1. The summed E-state index contributed by atoms with van der Waals surface area (Å²) in [6.07, 6.45) is 6.63. The Morgan fingerprint density at radius 2 is 2.25 bits per heavy atom. The molecule has 0 bridgehead atoms. The van der Waals surface area contributed by atoms with E-state index in [1.165, 1.54) is 12.0 Å². The van der Waals surface area contributed by atoms with Crippen LogP contribution in [0.4, 0.5) is 0 Å². The Hall–Kier alpha value is -0.910. The van der Waals surface area contributed by atoms with Crippen LogP contribution in [-0.2, 0) is 18.2 Å². The van der Waals surface area contributed by atoms with Crippen LogP contribution in [-0.4, -0.2) is 47.3 Å². The average Bonchev–Trinajstić information content (AvgIpc) is 2.80. The number of aliphatic hydroxyl groups is 1. The van der Waals surface area contributed by atoms with Gasteiger partial charge in [-0.05, 0) is 37.3 Å². The first-order valence-corrected chi connectivity index (χ1v) is 7.52. The highest BCUT2D eigenvalue weighted by molar-refractivity contribution is 5.03. The van der Waals surface area contributed by atoms with Crippen LogP contribution in [0.25, 0.3) is 0 Å². The van der Waals surface area contributed by atoms with Crippen molar-refractivity contribution >= 4 is 0 Å². The molecule has 1 heterocycles. The lowest BCUT2D eigenvalue weighted by molar-refractivity contribution is 0.0349. The highest BCUT2D eigenvalue weighted by Crippen LogP contribution is 2.03. The first kappa shape index (κ1) is 17.1. The van der Waals surface area contributed by atoms with Crippen LogP contribution in [0.2, 0.25) is 0 Å². The Labute approximate surface area is 122 Å². The van der Waals surface area contributed by atoms with Gasteiger partial charge in [-0.2, -0.15) is 5.10 Å². The molecule has 20 heavy (non-hydrogen) atoms. The summed E-state index contributed by atoms with van der Waals surface area (Å²) < 4.78 is 7.26. The molecule has 0 aliphatic carbocycles. The van der Waals surface area contributed by atoms with Gasteiger partial charge in [0.2, 0.25) is 0 Å². The lowest BCUT2D eigenvalue weighted by Crippen LogP contribution is -2.31. The molecule has 0 spiro atoms.